The summed E-state index contributed by atoms with van der Waals surface area (Å²) >= 11 is 0. The maximum atomic E-state index is 13.1. The van der Waals surface area contributed by atoms with Crippen molar-refractivity contribution in [2.45, 2.75) is 13.3 Å². The van der Waals surface area contributed by atoms with Gasteiger partial charge in [-0.3, -0.25) is 4.79 Å². The van der Waals surface area contributed by atoms with Crippen molar-refractivity contribution in [3.05, 3.63) is 47.5 Å². The number of nitrogens with zero attached hydrogens (tertiary/aromatic N) is 1. The fourth-order valence-corrected chi connectivity index (χ4v) is 3.28. The van der Waals surface area contributed by atoms with Crippen LogP contribution in [0.25, 0.3) is 0 Å². The highest BCUT2D eigenvalue weighted by Gasteiger charge is 2.28. The van der Waals surface area contributed by atoms with Gasteiger partial charge in [-0.2, -0.15) is 0 Å². The molecule has 0 spiro atoms. The Morgan fingerprint density at radius 3 is 2.44 bits per heavy atom. The smallest absolute Gasteiger partial charge is 0.258 e. The topological polar surface area (TPSA) is 48.0 Å². The number of hydrogen-bond acceptors (Lipinski definition) is 4. The molecule has 2 aromatic rings. The zero-order chi connectivity index (χ0) is 18.0. The van der Waals surface area contributed by atoms with Gasteiger partial charge in [0.05, 0.1) is 21.3 Å². The van der Waals surface area contributed by atoms with E-state index in [1.54, 1.807) is 39.5 Å². The third kappa shape index (κ3) is 3.27. The van der Waals surface area contributed by atoms with Gasteiger partial charge in [-0.15, -0.1) is 0 Å². The number of fused-ring (bicyclic) bond motifs is 1. The predicted octanol–water partition coefficient (Wildman–Crippen LogP) is 3.55. The highest BCUT2D eigenvalue weighted by Crippen LogP contribution is 2.35. The molecule has 1 amide bonds. The lowest BCUT2D eigenvalue weighted by atomic mass is 9.93. The van der Waals surface area contributed by atoms with Crippen LogP contribution in [0.2, 0.25) is 0 Å². The van der Waals surface area contributed by atoms with Gasteiger partial charge >= 0.3 is 0 Å². The average Bonchev–Trinajstić information content (AvgIpc) is 2.65. The van der Waals surface area contributed by atoms with Gasteiger partial charge < -0.3 is 19.1 Å². The Hall–Kier alpha value is -2.69. The van der Waals surface area contributed by atoms with Crippen molar-refractivity contribution in [3.8, 4) is 17.2 Å². The van der Waals surface area contributed by atoms with Crippen LogP contribution in [0.4, 0.5) is 5.69 Å². The molecule has 2 aromatic carbocycles. The highest BCUT2D eigenvalue weighted by atomic mass is 16.5. The summed E-state index contributed by atoms with van der Waals surface area (Å²) in [5, 5.41) is 0. The maximum Gasteiger partial charge on any atom is 0.258 e. The molecule has 1 heterocycles. The van der Waals surface area contributed by atoms with Crippen LogP contribution < -0.4 is 19.1 Å². The molecule has 132 valence electrons. The molecule has 0 aliphatic carbocycles. The number of amides is 1. The Balaban J connectivity index is 1.98. The van der Waals surface area contributed by atoms with E-state index < -0.39 is 0 Å². The van der Waals surface area contributed by atoms with Crippen LogP contribution in [0.1, 0.15) is 22.8 Å². The molecule has 0 fully saturated rings. The van der Waals surface area contributed by atoms with Crippen LogP contribution in [0.15, 0.2) is 36.4 Å². The largest absolute Gasteiger partial charge is 0.497 e. The lowest BCUT2D eigenvalue weighted by molar-refractivity contribution is 0.0980. The van der Waals surface area contributed by atoms with Crippen LogP contribution in [-0.2, 0) is 6.42 Å². The van der Waals surface area contributed by atoms with Crippen molar-refractivity contribution in [1.82, 2.24) is 0 Å². The molecule has 0 bridgehead atoms. The van der Waals surface area contributed by atoms with E-state index in [2.05, 4.69) is 6.92 Å². The van der Waals surface area contributed by atoms with E-state index >= 15 is 0 Å². The lowest BCUT2D eigenvalue weighted by Crippen LogP contribution is -2.39. The Labute approximate surface area is 148 Å². The van der Waals surface area contributed by atoms with Crippen molar-refractivity contribution < 1.29 is 19.0 Å². The van der Waals surface area contributed by atoms with Gasteiger partial charge in [0.25, 0.3) is 5.91 Å². The van der Waals surface area contributed by atoms with Crippen molar-refractivity contribution in [3.63, 3.8) is 0 Å². The molecular formula is C20H23NO4. The first-order valence-electron chi connectivity index (χ1n) is 8.28. The molecule has 5 nitrogen and oxygen atoms in total. The van der Waals surface area contributed by atoms with E-state index in [1.807, 2.05) is 23.1 Å². The summed E-state index contributed by atoms with van der Waals surface area (Å²) in [6.07, 6.45) is 0.933. The highest BCUT2D eigenvalue weighted by molar-refractivity contribution is 6.07. The molecule has 25 heavy (non-hydrogen) atoms. The fraction of sp³-hybridized carbons (Fsp3) is 0.350. The van der Waals surface area contributed by atoms with Gasteiger partial charge in [-0.05, 0) is 54.3 Å². The van der Waals surface area contributed by atoms with E-state index in [-0.39, 0.29) is 5.91 Å². The minimum atomic E-state index is -0.0427. The Kier molecular flexibility index (Phi) is 4.83. The molecule has 1 aliphatic heterocycles. The van der Waals surface area contributed by atoms with Crippen molar-refractivity contribution in [2.75, 3.05) is 32.8 Å². The number of hydrogen-bond donors (Lipinski definition) is 0. The second-order valence-corrected chi connectivity index (χ2v) is 6.29. The second-order valence-electron chi connectivity index (χ2n) is 6.29. The quantitative estimate of drug-likeness (QED) is 0.853. The minimum Gasteiger partial charge on any atom is -0.497 e. The molecule has 0 saturated heterocycles. The summed E-state index contributed by atoms with van der Waals surface area (Å²) < 4.78 is 15.9. The van der Waals surface area contributed by atoms with Gasteiger partial charge in [0, 0.05) is 17.8 Å². The summed E-state index contributed by atoms with van der Waals surface area (Å²) in [4.78, 5) is 15.0. The monoisotopic (exact) mass is 341 g/mol. The molecule has 0 N–H and O–H groups in total. The lowest BCUT2D eigenvalue weighted by Gasteiger charge is -2.33. The third-order valence-electron chi connectivity index (χ3n) is 4.52. The van der Waals surface area contributed by atoms with Crippen molar-refractivity contribution in [2.24, 2.45) is 5.92 Å². The number of anilines is 1. The minimum absolute atomic E-state index is 0.0427. The standard InChI is InChI=1S/C20H23NO4/c1-13-9-15-10-16(23-2)6-7-17(15)21(12-13)20(22)14-5-8-18(24-3)19(11-14)25-4/h5-8,10-11,13H,9,12H2,1-4H3. The van der Waals surface area contributed by atoms with Gasteiger partial charge in [-0.1, -0.05) is 6.92 Å². The van der Waals surface area contributed by atoms with E-state index in [4.69, 9.17) is 14.2 Å². The SMILES string of the molecule is COc1ccc2c(c1)CC(C)CN2C(=O)c1ccc(OC)c(OC)c1. The molecule has 3 rings (SSSR count). The second kappa shape index (κ2) is 7.05. The van der Waals surface area contributed by atoms with E-state index in [9.17, 15) is 4.79 Å². The van der Waals surface area contributed by atoms with Crippen LogP contribution in [-0.4, -0.2) is 33.8 Å². The molecular weight excluding hydrogens is 318 g/mol. The summed E-state index contributed by atoms with van der Waals surface area (Å²) in [7, 11) is 4.80. The van der Waals surface area contributed by atoms with Crippen LogP contribution in [0.5, 0.6) is 17.2 Å². The third-order valence-corrected chi connectivity index (χ3v) is 4.52. The molecule has 1 unspecified atom stereocenters. The fourth-order valence-electron chi connectivity index (χ4n) is 3.28. The van der Waals surface area contributed by atoms with Gasteiger partial charge in [0.2, 0.25) is 0 Å². The first kappa shape index (κ1) is 17.1. The van der Waals surface area contributed by atoms with Crippen LogP contribution in [0.3, 0.4) is 0 Å². The van der Waals surface area contributed by atoms with Crippen molar-refractivity contribution in [1.29, 1.82) is 0 Å². The molecule has 5 heteroatoms. The Bertz CT molecular complexity index is 787. The van der Waals surface area contributed by atoms with Crippen LogP contribution >= 0.6 is 0 Å². The number of methoxy groups -OCH3 is 3. The van der Waals surface area contributed by atoms with Crippen molar-refractivity contribution >= 4 is 11.6 Å². The molecule has 0 radical (unpaired) electrons. The first-order valence-corrected chi connectivity index (χ1v) is 8.28. The first-order chi connectivity index (χ1) is 12.1. The van der Waals surface area contributed by atoms with E-state index in [0.717, 1.165) is 23.4 Å². The summed E-state index contributed by atoms with van der Waals surface area (Å²) in [6, 6.07) is 11.1. The number of rotatable bonds is 4. The zero-order valence-corrected chi connectivity index (χ0v) is 15.0. The summed E-state index contributed by atoms with van der Waals surface area (Å²) in [5.41, 5.74) is 2.65. The van der Waals surface area contributed by atoms with E-state index in [0.29, 0.717) is 29.5 Å². The number of carbonyl (C=O) groups is 1. The summed E-state index contributed by atoms with van der Waals surface area (Å²) in [5.74, 6) is 2.30. The molecule has 0 aromatic heterocycles. The predicted molar refractivity (Wildman–Crippen MR) is 97.1 cm³/mol. The Morgan fingerprint density at radius 2 is 1.76 bits per heavy atom. The summed E-state index contributed by atoms with van der Waals surface area (Å²) in [6.45, 7) is 2.84. The Morgan fingerprint density at radius 1 is 1.00 bits per heavy atom. The molecule has 0 saturated carbocycles. The van der Waals surface area contributed by atoms with Crippen LogP contribution in [0, 0.1) is 5.92 Å². The van der Waals surface area contributed by atoms with Gasteiger partial charge in [0.1, 0.15) is 5.75 Å². The molecule has 1 aliphatic rings. The number of carbonyl (C=O) groups excluding carboxylic acids is 1. The van der Waals surface area contributed by atoms with Gasteiger partial charge in [0.15, 0.2) is 11.5 Å². The maximum absolute atomic E-state index is 13.1. The number of ether oxygens (including phenoxy) is 3. The zero-order valence-electron chi connectivity index (χ0n) is 15.0. The number of benzene rings is 2. The van der Waals surface area contributed by atoms with E-state index in [1.165, 1.54) is 0 Å². The normalized spacial score (nSPS) is 16.2. The average molecular weight is 341 g/mol. The molecule has 1 atom stereocenters. The van der Waals surface area contributed by atoms with Gasteiger partial charge in [-0.25, -0.2) is 0 Å².